The molecule has 2 aromatic heterocycles. The summed E-state index contributed by atoms with van der Waals surface area (Å²) in [6, 6.07) is 11.9. The van der Waals surface area contributed by atoms with Crippen LogP contribution >= 0.6 is 0 Å². The molecule has 1 amide bonds. The van der Waals surface area contributed by atoms with E-state index in [1.54, 1.807) is 42.7 Å². The van der Waals surface area contributed by atoms with Crippen LogP contribution in [0.3, 0.4) is 0 Å². The maximum atomic E-state index is 12.0. The van der Waals surface area contributed by atoms with Crippen LogP contribution in [0, 0.1) is 0 Å². The van der Waals surface area contributed by atoms with Gasteiger partial charge in [-0.15, -0.1) is 0 Å². The molecule has 23 heavy (non-hydrogen) atoms. The van der Waals surface area contributed by atoms with E-state index in [2.05, 4.69) is 15.5 Å². The molecule has 0 radical (unpaired) electrons. The lowest BCUT2D eigenvalue weighted by Gasteiger charge is -2.02. The number of aromatic nitrogens is 2. The van der Waals surface area contributed by atoms with Crippen molar-refractivity contribution < 1.29 is 14.4 Å². The van der Waals surface area contributed by atoms with Crippen LogP contribution in [0.4, 0.5) is 0 Å². The van der Waals surface area contributed by atoms with Gasteiger partial charge in [0.2, 0.25) is 0 Å². The summed E-state index contributed by atoms with van der Waals surface area (Å²) in [5.41, 5.74) is 2.07. The lowest BCUT2D eigenvalue weighted by atomic mass is 10.1. The summed E-state index contributed by atoms with van der Waals surface area (Å²) in [7, 11) is 0. The maximum Gasteiger partial charge on any atom is 0.273 e. The lowest BCUT2D eigenvalue weighted by molar-refractivity contribution is 0.0945. The van der Waals surface area contributed by atoms with E-state index in [4.69, 9.17) is 4.52 Å². The van der Waals surface area contributed by atoms with Crippen molar-refractivity contribution in [2.75, 3.05) is 6.54 Å². The summed E-state index contributed by atoms with van der Waals surface area (Å²) in [4.78, 5) is 16.0. The van der Waals surface area contributed by atoms with E-state index in [1.165, 1.54) is 0 Å². The molecule has 0 aliphatic rings. The molecule has 6 heteroatoms. The van der Waals surface area contributed by atoms with Gasteiger partial charge in [-0.05, 0) is 48.4 Å². The minimum Gasteiger partial charge on any atom is -0.508 e. The first-order chi connectivity index (χ1) is 11.2. The van der Waals surface area contributed by atoms with Gasteiger partial charge in [0.1, 0.15) is 5.75 Å². The minimum atomic E-state index is -0.284. The summed E-state index contributed by atoms with van der Waals surface area (Å²) in [5.74, 6) is 0.361. The molecule has 3 aromatic rings. The number of pyridine rings is 1. The van der Waals surface area contributed by atoms with Crippen molar-refractivity contribution in [1.29, 1.82) is 0 Å². The van der Waals surface area contributed by atoms with E-state index in [1.807, 2.05) is 12.1 Å². The normalized spacial score (nSPS) is 10.4. The molecule has 2 heterocycles. The third kappa shape index (κ3) is 3.74. The van der Waals surface area contributed by atoms with Gasteiger partial charge < -0.3 is 14.9 Å². The van der Waals surface area contributed by atoms with Crippen LogP contribution < -0.4 is 5.32 Å². The number of phenols is 1. The molecule has 0 aliphatic heterocycles. The van der Waals surface area contributed by atoms with E-state index < -0.39 is 0 Å². The molecule has 0 unspecified atom stereocenters. The van der Waals surface area contributed by atoms with Gasteiger partial charge in [0, 0.05) is 30.6 Å². The number of benzene rings is 1. The predicted octanol–water partition coefficient (Wildman–Crippen LogP) is 2.41. The quantitative estimate of drug-likeness (QED) is 0.755. The molecule has 0 saturated carbocycles. The van der Waals surface area contributed by atoms with E-state index in [-0.39, 0.29) is 17.4 Å². The number of carbonyl (C=O) groups is 1. The summed E-state index contributed by atoms with van der Waals surface area (Å²) >= 11 is 0. The first-order valence-electron chi connectivity index (χ1n) is 7.15. The first-order valence-corrected chi connectivity index (χ1v) is 7.15. The van der Waals surface area contributed by atoms with E-state index >= 15 is 0 Å². The third-order valence-electron chi connectivity index (χ3n) is 3.34. The average molecular weight is 309 g/mol. The maximum absolute atomic E-state index is 12.0. The highest BCUT2D eigenvalue weighted by atomic mass is 16.5. The second-order valence-corrected chi connectivity index (χ2v) is 4.98. The lowest BCUT2D eigenvalue weighted by Crippen LogP contribution is -2.25. The van der Waals surface area contributed by atoms with Gasteiger partial charge >= 0.3 is 0 Å². The summed E-state index contributed by atoms with van der Waals surface area (Å²) in [5, 5.41) is 15.9. The molecular weight excluding hydrogens is 294 g/mol. The molecule has 2 N–H and O–H groups in total. The minimum absolute atomic E-state index is 0.169. The molecule has 0 atom stereocenters. The van der Waals surface area contributed by atoms with Crippen LogP contribution in [0.1, 0.15) is 16.1 Å². The van der Waals surface area contributed by atoms with Crippen molar-refractivity contribution in [2.24, 2.45) is 0 Å². The van der Waals surface area contributed by atoms with E-state index in [9.17, 15) is 9.90 Å². The molecule has 1 aromatic carbocycles. The van der Waals surface area contributed by atoms with Gasteiger partial charge in [0.05, 0.1) is 0 Å². The SMILES string of the molecule is O=C(NCCc1ccncc1)c1cc(-c2ccc(O)cc2)on1. The van der Waals surface area contributed by atoms with Crippen LogP contribution in [0.2, 0.25) is 0 Å². The second-order valence-electron chi connectivity index (χ2n) is 4.98. The Labute approximate surface area is 132 Å². The van der Waals surface area contributed by atoms with Crippen LogP contribution in [0.5, 0.6) is 5.75 Å². The fourth-order valence-electron chi connectivity index (χ4n) is 2.10. The fraction of sp³-hybridized carbons (Fsp3) is 0.118. The zero-order valence-electron chi connectivity index (χ0n) is 12.3. The smallest absolute Gasteiger partial charge is 0.273 e. The van der Waals surface area contributed by atoms with Crippen LogP contribution in [-0.2, 0) is 6.42 Å². The zero-order chi connectivity index (χ0) is 16.1. The molecule has 3 rings (SSSR count). The summed E-state index contributed by atoms with van der Waals surface area (Å²) in [6.07, 6.45) is 4.16. The van der Waals surface area contributed by atoms with Crippen molar-refractivity contribution in [3.63, 3.8) is 0 Å². The van der Waals surface area contributed by atoms with E-state index in [0.717, 1.165) is 17.5 Å². The third-order valence-corrected chi connectivity index (χ3v) is 3.34. The standard InChI is InChI=1S/C17H15N3O3/c21-14-3-1-13(2-4-14)16-11-15(20-23-16)17(22)19-10-7-12-5-8-18-9-6-12/h1-6,8-9,11,21H,7,10H2,(H,19,22). The Kier molecular flexibility index (Phi) is 4.33. The summed E-state index contributed by atoms with van der Waals surface area (Å²) < 4.78 is 5.18. The molecule has 0 bridgehead atoms. The fourth-order valence-corrected chi connectivity index (χ4v) is 2.10. The number of nitrogens with zero attached hydrogens (tertiary/aromatic N) is 2. The van der Waals surface area contributed by atoms with Crippen LogP contribution in [0.25, 0.3) is 11.3 Å². The second kappa shape index (κ2) is 6.74. The highest BCUT2D eigenvalue weighted by Crippen LogP contribution is 2.22. The number of carbonyl (C=O) groups excluding carboxylic acids is 1. The Bertz CT molecular complexity index is 782. The molecule has 116 valence electrons. The molecule has 0 aliphatic carbocycles. The van der Waals surface area contributed by atoms with Crippen LogP contribution in [-0.4, -0.2) is 27.7 Å². The molecule has 0 spiro atoms. The Hall–Kier alpha value is -3.15. The Morgan fingerprint density at radius 1 is 1.13 bits per heavy atom. The summed E-state index contributed by atoms with van der Waals surface area (Å²) in [6.45, 7) is 0.504. The van der Waals surface area contributed by atoms with Crippen molar-refractivity contribution in [3.8, 4) is 17.1 Å². The van der Waals surface area contributed by atoms with Gasteiger partial charge in [-0.25, -0.2) is 0 Å². The first kappa shape index (κ1) is 14.8. The largest absolute Gasteiger partial charge is 0.508 e. The molecule has 0 fully saturated rings. The van der Waals surface area contributed by atoms with Crippen molar-refractivity contribution in [2.45, 2.75) is 6.42 Å². The van der Waals surface area contributed by atoms with E-state index in [0.29, 0.717) is 12.3 Å². The van der Waals surface area contributed by atoms with Gasteiger partial charge in [-0.1, -0.05) is 5.16 Å². The molecule has 0 saturated heterocycles. The Morgan fingerprint density at radius 3 is 2.61 bits per heavy atom. The topological polar surface area (TPSA) is 88.2 Å². The number of rotatable bonds is 5. The predicted molar refractivity (Wildman–Crippen MR) is 83.9 cm³/mol. The highest BCUT2D eigenvalue weighted by molar-refractivity contribution is 5.93. The zero-order valence-corrected chi connectivity index (χ0v) is 12.3. The molecule has 6 nitrogen and oxygen atoms in total. The number of amides is 1. The van der Waals surface area contributed by atoms with Gasteiger partial charge in [-0.2, -0.15) is 0 Å². The van der Waals surface area contributed by atoms with Gasteiger partial charge in [0.25, 0.3) is 5.91 Å². The van der Waals surface area contributed by atoms with Crippen LogP contribution in [0.15, 0.2) is 59.4 Å². The monoisotopic (exact) mass is 309 g/mol. The number of nitrogens with one attached hydrogen (secondary N) is 1. The highest BCUT2D eigenvalue weighted by Gasteiger charge is 2.13. The van der Waals surface area contributed by atoms with Crippen molar-refractivity contribution in [3.05, 3.63) is 66.1 Å². The number of hydrogen-bond donors (Lipinski definition) is 2. The van der Waals surface area contributed by atoms with Gasteiger partial charge in [-0.3, -0.25) is 9.78 Å². The van der Waals surface area contributed by atoms with Crippen molar-refractivity contribution in [1.82, 2.24) is 15.5 Å². The van der Waals surface area contributed by atoms with Gasteiger partial charge in [0.15, 0.2) is 11.5 Å². The average Bonchev–Trinajstić information content (AvgIpc) is 3.06. The Morgan fingerprint density at radius 2 is 1.87 bits per heavy atom. The van der Waals surface area contributed by atoms with Crippen molar-refractivity contribution >= 4 is 5.91 Å². The number of phenolic OH excluding ortho intramolecular Hbond substituents is 1. The molecular formula is C17H15N3O3. The Balaban J connectivity index is 1.59. The number of aromatic hydroxyl groups is 1. The number of hydrogen-bond acceptors (Lipinski definition) is 5.